The summed E-state index contributed by atoms with van der Waals surface area (Å²) in [6, 6.07) is 0. The molecule has 1 heterocycles. The summed E-state index contributed by atoms with van der Waals surface area (Å²) in [4.78, 5) is 15.9. The quantitative estimate of drug-likeness (QED) is 0.808. The molecule has 3 nitrogen and oxygen atoms in total. The summed E-state index contributed by atoms with van der Waals surface area (Å²) in [5.74, 6) is -0.679. The van der Waals surface area contributed by atoms with Crippen molar-refractivity contribution in [2.75, 3.05) is 0 Å². The Kier molecular flexibility index (Phi) is 5.12. The van der Waals surface area contributed by atoms with Crippen molar-refractivity contribution in [3.8, 4) is 0 Å². The highest BCUT2D eigenvalue weighted by Crippen LogP contribution is 2.34. The molecule has 17 heavy (non-hydrogen) atoms. The molecule has 96 valence electrons. The van der Waals surface area contributed by atoms with Crippen LogP contribution in [0.2, 0.25) is 0 Å². The van der Waals surface area contributed by atoms with Crippen molar-refractivity contribution in [3.05, 3.63) is 16.1 Å². The molecule has 1 aromatic rings. The molecule has 0 spiro atoms. The van der Waals surface area contributed by atoms with Crippen LogP contribution in [0, 0.1) is 12.3 Å². The molecule has 0 aliphatic rings. The predicted molar refractivity (Wildman–Crippen MR) is 70.4 cm³/mol. The third-order valence-corrected chi connectivity index (χ3v) is 4.26. The van der Waals surface area contributed by atoms with Gasteiger partial charge in [-0.1, -0.05) is 26.7 Å². The highest BCUT2D eigenvalue weighted by Gasteiger charge is 2.36. The summed E-state index contributed by atoms with van der Waals surface area (Å²) in [7, 11) is 0. The van der Waals surface area contributed by atoms with Gasteiger partial charge in [-0.05, 0) is 19.8 Å². The predicted octanol–water partition coefficient (Wildman–Crippen LogP) is 3.67. The average molecular weight is 255 g/mol. The first-order chi connectivity index (χ1) is 8.04. The molecule has 0 aliphatic carbocycles. The summed E-state index contributed by atoms with van der Waals surface area (Å²) in [5, 5.41) is 12.4. The Balaban J connectivity index is 2.85. The van der Waals surface area contributed by atoms with E-state index in [-0.39, 0.29) is 0 Å². The number of aryl methyl sites for hydroxylation is 1. The Morgan fingerprint density at radius 1 is 1.53 bits per heavy atom. The summed E-state index contributed by atoms with van der Waals surface area (Å²) in [6.07, 6.45) is 3.97. The summed E-state index contributed by atoms with van der Waals surface area (Å²) >= 11 is 1.57. The van der Waals surface area contributed by atoms with Crippen molar-refractivity contribution >= 4 is 17.3 Å². The van der Waals surface area contributed by atoms with Gasteiger partial charge in [-0.2, -0.15) is 0 Å². The number of unbranched alkanes of at least 4 members (excludes halogenated alkanes) is 1. The number of hydrogen-bond acceptors (Lipinski definition) is 3. The number of carboxylic acids is 1. The van der Waals surface area contributed by atoms with Crippen LogP contribution in [-0.4, -0.2) is 16.1 Å². The number of nitrogens with zero attached hydrogens (tertiary/aromatic N) is 1. The van der Waals surface area contributed by atoms with Crippen LogP contribution in [0.1, 0.15) is 50.2 Å². The highest BCUT2D eigenvalue weighted by atomic mass is 32.1. The Bertz CT molecular complexity index is 375. The van der Waals surface area contributed by atoms with Gasteiger partial charge in [-0.25, -0.2) is 4.98 Å². The van der Waals surface area contributed by atoms with Gasteiger partial charge in [0.2, 0.25) is 0 Å². The van der Waals surface area contributed by atoms with Crippen LogP contribution < -0.4 is 0 Å². The van der Waals surface area contributed by atoms with E-state index in [4.69, 9.17) is 0 Å². The Morgan fingerprint density at radius 2 is 2.24 bits per heavy atom. The number of rotatable bonds is 7. The number of carboxylic acid groups (broad SMARTS) is 1. The van der Waals surface area contributed by atoms with Gasteiger partial charge in [0.05, 0.1) is 10.4 Å². The standard InChI is InChI=1S/C13H21NO2S/c1-4-6-7-13(5-2,12(15)16)8-11-14-10(3)9-17-11/h9H,4-8H2,1-3H3,(H,15,16). The fraction of sp³-hybridized carbons (Fsp3) is 0.692. The monoisotopic (exact) mass is 255 g/mol. The average Bonchev–Trinajstić information content (AvgIpc) is 2.69. The van der Waals surface area contributed by atoms with Crippen molar-refractivity contribution in [2.45, 2.75) is 52.9 Å². The van der Waals surface area contributed by atoms with E-state index >= 15 is 0 Å². The molecule has 1 rings (SSSR count). The minimum Gasteiger partial charge on any atom is -0.481 e. The first-order valence-corrected chi connectivity index (χ1v) is 7.06. The second-order valence-corrected chi connectivity index (χ2v) is 5.54. The number of aliphatic carboxylic acids is 1. The maximum atomic E-state index is 11.5. The van der Waals surface area contributed by atoms with Crippen molar-refractivity contribution in [2.24, 2.45) is 5.41 Å². The van der Waals surface area contributed by atoms with Crippen LogP contribution in [0.5, 0.6) is 0 Å². The molecule has 0 amide bonds. The Labute approximate surface area is 107 Å². The van der Waals surface area contributed by atoms with Crippen molar-refractivity contribution in [3.63, 3.8) is 0 Å². The van der Waals surface area contributed by atoms with Gasteiger partial charge in [0, 0.05) is 17.5 Å². The van der Waals surface area contributed by atoms with E-state index in [0.29, 0.717) is 12.8 Å². The zero-order valence-electron chi connectivity index (χ0n) is 10.8. The molecule has 1 atom stereocenters. The summed E-state index contributed by atoms with van der Waals surface area (Å²) in [6.45, 7) is 6.00. The second-order valence-electron chi connectivity index (χ2n) is 4.60. The fourth-order valence-corrected chi connectivity index (χ4v) is 2.93. The van der Waals surface area contributed by atoms with Crippen molar-refractivity contribution in [1.82, 2.24) is 4.98 Å². The number of hydrogen-bond donors (Lipinski definition) is 1. The summed E-state index contributed by atoms with van der Waals surface area (Å²) in [5.41, 5.74) is 0.358. The van der Waals surface area contributed by atoms with E-state index < -0.39 is 11.4 Å². The molecule has 0 radical (unpaired) electrons. The van der Waals surface area contributed by atoms with E-state index in [9.17, 15) is 9.90 Å². The van der Waals surface area contributed by atoms with Gasteiger partial charge < -0.3 is 5.11 Å². The lowest BCUT2D eigenvalue weighted by molar-refractivity contribution is -0.149. The van der Waals surface area contributed by atoms with E-state index in [2.05, 4.69) is 11.9 Å². The first kappa shape index (κ1) is 14.2. The first-order valence-electron chi connectivity index (χ1n) is 6.18. The van der Waals surface area contributed by atoms with E-state index in [1.165, 1.54) is 0 Å². The number of aromatic nitrogens is 1. The highest BCUT2D eigenvalue weighted by molar-refractivity contribution is 7.09. The maximum Gasteiger partial charge on any atom is 0.310 e. The Hall–Kier alpha value is -0.900. The van der Waals surface area contributed by atoms with Gasteiger partial charge in [0.25, 0.3) is 0 Å². The maximum absolute atomic E-state index is 11.5. The van der Waals surface area contributed by atoms with Crippen molar-refractivity contribution < 1.29 is 9.90 Å². The van der Waals surface area contributed by atoms with Crippen LogP contribution in [0.25, 0.3) is 0 Å². The third kappa shape index (κ3) is 3.53. The normalized spacial score (nSPS) is 14.5. The molecule has 1 unspecified atom stereocenters. The van der Waals surface area contributed by atoms with E-state index in [0.717, 1.165) is 30.0 Å². The smallest absolute Gasteiger partial charge is 0.310 e. The minimum atomic E-state index is -0.679. The van der Waals surface area contributed by atoms with Crippen molar-refractivity contribution in [1.29, 1.82) is 0 Å². The zero-order chi connectivity index (χ0) is 12.9. The van der Waals surface area contributed by atoms with Gasteiger partial charge in [-0.15, -0.1) is 11.3 Å². The van der Waals surface area contributed by atoms with Gasteiger partial charge in [0.1, 0.15) is 0 Å². The molecule has 0 bridgehead atoms. The number of carbonyl (C=O) groups is 1. The Morgan fingerprint density at radius 3 is 2.65 bits per heavy atom. The second kappa shape index (κ2) is 6.15. The molecule has 4 heteroatoms. The molecule has 0 aromatic carbocycles. The van der Waals surface area contributed by atoms with Crippen LogP contribution in [-0.2, 0) is 11.2 Å². The molecule has 0 saturated heterocycles. The molecule has 1 aromatic heterocycles. The van der Waals surface area contributed by atoms with Gasteiger partial charge >= 0.3 is 5.97 Å². The van der Waals surface area contributed by atoms with E-state index in [1.807, 2.05) is 19.2 Å². The molecule has 0 aliphatic heterocycles. The van der Waals surface area contributed by atoms with Crippen LogP contribution >= 0.6 is 11.3 Å². The molecule has 0 fully saturated rings. The molecule has 1 N–H and O–H groups in total. The van der Waals surface area contributed by atoms with Crippen LogP contribution in [0.4, 0.5) is 0 Å². The molecular formula is C13H21NO2S. The lowest BCUT2D eigenvalue weighted by atomic mass is 9.77. The fourth-order valence-electron chi connectivity index (χ4n) is 2.01. The van der Waals surface area contributed by atoms with Crippen LogP contribution in [0.15, 0.2) is 5.38 Å². The number of thiazole rings is 1. The van der Waals surface area contributed by atoms with Crippen LogP contribution in [0.3, 0.4) is 0 Å². The summed E-state index contributed by atoms with van der Waals surface area (Å²) < 4.78 is 0. The lowest BCUT2D eigenvalue weighted by Crippen LogP contribution is -2.32. The van der Waals surface area contributed by atoms with Gasteiger partial charge in [0.15, 0.2) is 0 Å². The lowest BCUT2D eigenvalue weighted by Gasteiger charge is -2.27. The largest absolute Gasteiger partial charge is 0.481 e. The molecular weight excluding hydrogens is 234 g/mol. The molecule has 0 saturated carbocycles. The SMILES string of the molecule is CCCCC(CC)(Cc1nc(C)cs1)C(=O)O. The van der Waals surface area contributed by atoms with E-state index in [1.54, 1.807) is 11.3 Å². The third-order valence-electron chi connectivity index (χ3n) is 3.30. The van der Waals surface area contributed by atoms with Gasteiger partial charge in [-0.3, -0.25) is 4.79 Å². The topological polar surface area (TPSA) is 50.2 Å². The minimum absolute atomic E-state index is 0.567. The zero-order valence-corrected chi connectivity index (χ0v) is 11.6.